The van der Waals surface area contributed by atoms with Crippen LogP contribution in [-0.2, 0) is 19.0 Å². The van der Waals surface area contributed by atoms with Gasteiger partial charge in [-0.25, -0.2) is 9.59 Å². The summed E-state index contributed by atoms with van der Waals surface area (Å²) in [5.41, 5.74) is 2.64. The molecule has 0 N–H and O–H groups in total. The Morgan fingerprint density at radius 1 is 0.793 bits per heavy atom. The third kappa shape index (κ3) is 3.62. The van der Waals surface area contributed by atoms with Crippen molar-refractivity contribution in [1.82, 2.24) is 0 Å². The Labute approximate surface area is 168 Å². The van der Waals surface area contributed by atoms with Gasteiger partial charge in [0.1, 0.15) is 0 Å². The van der Waals surface area contributed by atoms with Gasteiger partial charge in [0.25, 0.3) is 0 Å². The third-order valence-electron chi connectivity index (χ3n) is 4.61. The fourth-order valence-corrected chi connectivity index (χ4v) is 3.23. The summed E-state index contributed by atoms with van der Waals surface area (Å²) in [4.78, 5) is 25.2. The predicted octanol–water partition coefficient (Wildman–Crippen LogP) is 4.50. The molecule has 29 heavy (non-hydrogen) atoms. The molecule has 5 nitrogen and oxygen atoms in total. The van der Waals surface area contributed by atoms with E-state index in [2.05, 4.69) is 0 Å². The van der Waals surface area contributed by atoms with Crippen LogP contribution in [0.2, 0.25) is 0 Å². The Bertz CT molecular complexity index is 1070. The summed E-state index contributed by atoms with van der Waals surface area (Å²) in [6.07, 6.45) is -0.527. The van der Waals surface area contributed by atoms with Gasteiger partial charge in [-0.05, 0) is 17.7 Å². The Balaban J connectivity index is 1.82. The molecule has 3 aromatic rings. The maximum atomic E-state index is 12.7. The van der Waals surface area contributed by atoms with E-state index in [1.54, 1.807) is 36.4 Å². The average molecular weight is 386 g/mol. The van der Waals surface area contributed by atoms with Crippen molar-refractivity contribution in [2.45, 2.75) is 6.10 Å². The van der Waals surface area contributed by atoms with E-state index < -0.39 is 18.0 Å². The molecule has 0 saturated carbocycles. The van der Waals surface area contributed by atoms with Crippen LogP contribution >= 0.6 is 0 Å². The number of hydrogen-bond donors (Lipinski definition) is 0. The van der Waals surface area contributed by atoms with Crippen molar-refractivity contribution in [2.75, 3.05) is 7.11 Å². The van der Waals surface area contributed by atoms with Gasteiger partial charge in [0.15, 0.2) is 11.9 Å². The summed E-state index contributed by atoms with van der Waals surface area (Å²) in [6.45, 7) is 0. The van der Waals surface area contributed by atoms with Crippen molar-refractivity contribution in [3.05, 3.63) is 113 Å². The SMILES string of the molecule is COC(=O)C1=C(OC(=O)c2ccccc2)c2ccccc2[C@H](c2ccccc2)O1. The molecule has 144 valence electrons. The molecule has 0 spiro atoms. The van der Waals surface area contributed by atoms with Crippen LogP contribution in [0.5, 0.6) is 0 Å². The average Bonchev–Trinajstić information content (AvgIpc) is 2.79. The molecule has 0 radical (unpaired) electrons. The highest BCUT2D eigenvalue weighted by Gasteiger charge is 2.35. The normalized spacial score (nSPS) is 15.1. The van der Waals surface area contributed by atoms with Gasteiger partial charge < -0.3 is 14.2 Å². The fraction of sp³-hybridized carbons (Fsp3) is 0.0833. The van der Waals surface area contributed by atoms with E-state index in [1.165, 1.54) is 7.11 Å². The van der Waals surface area contributed by atoms with Crippen LogP contribution in [-0.4, -0.2) is 19.0 Å². The lowest BCUT2D eigenvalue weighted by molar-refractivity contribution is -0.141. The molecule has 1 aliphatic rings. The van der Waals surface area contributed by atoms with E-state index in [1.807, 2.05) is 48.5 Å². The minimum absolute atomic E-state index is 0.0495. The molecule has 1 atom stereocenters. The maximum absolute atomic E-state index is 12.7. The van der Waals surface area contributed by atoms with E-state index in [0.717, 1.165) is 11.1 Å². The number of carbonyl (C=O) groups excluding carboxylic acids is 2. The highest BCUT2D eigenvalue weighted by molar-refractivity contribution is 6.00. The van der Waals surface area contributed by atoms with Gasteiger partial charge in [0.2, 0.25) is 5.76 Å². The molecule has 3 aromatic carbocycles. The Morgan fingerprint density at radius 3 is 2.10 bits per heavy atom. The van der Waals surface area contributed by atoms with E-state index in [0.29, 0.717) is 11.1 Å². The summed E-state index contributed by atoms with van der Waals surface area (Å²) in [6, 6.07) is 25.5. The molecular weight excluding hydrogens is 368 g/mol. The first-order valence-corrected chi connectivity index (χ1v) is 9.09. The van der Waals surface area contributed by atoms with Gasteiger partial charge in [-0.2, -0.15) is 0 Å². The Kier molecular flexibility index (Phi) is 5.12. The Hall–Kier alpha value is -3.86. The summed E-state index contributed by atoms with van der Waals surface area (Å²) in [7, 11) is 1.26. The standard InChI is InChI=1S/C24H18O5/c1-27-24(26)22-21(29-23(25)17-12-6-3-7-13-17)19-15-9-8-14-18(19)20(28-22)16-10-4-2-5-11-16/h2-15,20H,1H3/t20-/m0/s1. The number of esters is 2. The number of ether oxygens (including phenoxy) is 3. The van der Waals surface area contributed by atoms with Gasteiger partial charge in [-0.3, -0.25) is 0 Å². The van der Waals surface area contributed by atoms with Crippen molar-refractivity contribution < 1.29 is 23.8 Å². The lowest BCUT2D eigenvalue weighted by atomic mass is 9.93. The zero-order valence-electron chi connectivity index (χ0n) is 15.7. The quantitative estimate of drug-likeness (QED) is 0.618. The van der Waals surface area contributed by atoms with Crippen LogP contribution in [0.1, 0.15) is 33.2 Å². The highest BCUT2D eigenvalue weighted by Crippen LogP contribution is 2.41. The maximum Gasteiger partial charge on any atom is 0.377 e. The largest absolute Gasteiger partial charge is 0.471 e. The van der Waals surface area contributed by atoms with Crippen LogP contribution in [0.15, 0.2) is 90.7 Å². The molecule has 0 amide bonds. The van der Waals surface area contributed by atoms with Crippen LogP contribution in [0.3, 0.4) is 0 Å². The summed E-state index contributed by atoms with van der Waals surface area (Å²) in [5.74, 6) is -1.38. The van der Waals surface area contributed by atoms with Gasteiger partial charge in [-0.15, -0.1) is 0 Å². The van der Waals surface area contributed by atoms with Crippen molar-refractivity contribution in [2.24, 2.45) is 0 Å². The first-order chi connectivity index (χ1) is 14.2. The highest BCUT2D eigenvalue weighted by atomic mass is 16.6. The van der Waals surface area contributed by atoms with Gasteiger partial charge in [0, 0.05) is 11.1 Å². The molecule has 1 aliphatic heterocycles. The van der Waals surface area contributed by atoms with E-state index in [9.17, 15) is 9.59 Å². The first kappa shape index (κ1) is 18.5. The molecule has 0 bridgehead atoms. The smallest absolute Gasteiger partial charge is 0.377 e. The second kappa shape index (κ2) is 8.02. The number of fused-ring (bicyclic) bond motifs is 1. The molecule has 0 unspecified atom stereocenters. The second-order valence-corrected chi connectivity index (χ2v) is 6.40. The Morgan fingerprint density at radius 2 is 1.41 bits per heavy atom. The molecule has 1 heterocycles. The zero-order valence-corrected chi connectivity index (χ0v) is 15.7. The second-order valence-electron chi connectivity index (χ2n) is 6.40. The predicted molar refractivity (Wildman–Crippen MR) is 107 cm³/mol. The van der Waals surface area contributed by atoms with Crippen LogP contribution < -0.4 is 0 Å². The molecule has 5 heteroatoms. The monoisotopic (exact) mass is 386 g/mol. The number of hydrogen-bond acceptors (Lipinski definition) is 5. The van der Waals surface area contributed by atoms with E-state index in [4.69, 9.17) is 14.2 Å². The summed E-state index contributed by atoms with van der Waals surface area (Å²) >= 11 is 0. The van der Waals surface area contributed by atoms with E-state index in [-0.39, 0.29) is 11.5 Å². The molecule has 0 aliphatic carbocycles. The topological polar surface area (TPSA) is 61.8 Å². The first-order valence-electron chi connectivity index (χ1n) is 9.09. The molecular formula is C24H18O5. The summed E-state index contributed by atoms with van der Waals surface area (Å²) < 4.78 is 16.6. The van der Waals surface area contributed by atoms with Gasteiger partial charge in [0.05, 0.1) is 12.7 Å². The number of carbonyl (C=O) groups is 2. The van der Waals surface area contributed by atoms with Crippen molar-refractivity contribution in [1.29, 1.82) is 0 Å². The molecule has 0 saturated heterocycles. The van der Waals surface area contributed by atoms with Crippen molar-refractivity contribution in [3.8, 4) is 0 Å². The molecule has 0 aromatic heterocycles. The zero-order chi connectivity index (χ0) is 20.2. The fourth-order valence-electron chi connectivity index (χ4n) is 3.23. The lowest BCUT2D eigenvalue weighted by Crippen LogP contribution is -2.23. The van der Waals surface area contributed by atoms with Crippen molar-refractivity contribution in [3.63, 3.8) is 0 Å². The number of benzene rings is 3. The minimum atomic E-state index is -0.712. The number of rotatable bonds is 4. The van der Waals surface area contributed by atoms with Crippen LogP contribution in [0.4, 0.5) is 0 Å². The summed E-state index contributed by atoms with van der Waals surface area (Å²) in [5, 5.41) is 0. The van der Waals surface area contributed by atoms with Crippen LogP contribution in [0.25, 0.3) is 5.76 Å². The lowest BCUT2D eigenvalue weighted by Gasteiger charge is -2.29. The van der Waals surface area contributed by atoms with E-state index >= 15 is 0 Å². The van der Waals surface area contributed by atoms with Crippen molar-refractivity contribution >= 4 is 17.7 Å². The van der Waals surface area contributed by atoms with Crippen LogP contribution in [0, 0.1) is 0 Å². The molecule has 0 fully saturated rings. The van der Waals surface area contributed by atoms with Gasteiger partial charge >= 0.3 is 11.9 Å². The number of methoxy groups -OCH3 is 1. The molecule has 4 rings (SSSR count). The minimum Gasteiger partial charge on any atom is -0.471 e. The van der Waals surface area contributed by atoms with Gasteiger partial charge in [-0.1, -0.05) is 72.8 Å². The third-order valence-corrected chi connectivity index (χ3v) is 4.61.